The first-order valence-electron chi connectivity index (χ1n) is 6.47. The molecule has 8 heteroatoms. The van der Waals surface area contributed by atoms with Gasteiger partial charge in [0, 0.05) is 43.0 Å². The normalized spacial score (nSPS) is 17.7. The van der Waals surface area contributed by atoms with Gasteiger partial charge >= 0.3 is 0 Å². The molecule has 0 radical (unpaired) electrons. The number of anilines is 1. The third-order valence-corrected chi connectivity index (χ3v) is 5.68. The number of hydrogen-bond donors (Lipinski definition) is 1. The average molecular weight is 304 g/mol. The van der Waals surface area contributed by atoms with E-state index >= 15 is 0 Å². The smallest absolute Gasteiger partial charge is 0.213 e. The lowest BCUT2D eigenvalue weighted by Crippen LogP contribution is -2.52. The van der Waals surface area contributed by atoms with Crippen LogP contribution >= 0.6 is 11.5 Å². The van der Waals surface area contributed by atoms with Crippen LogP contribution in [-0.2, 0) is 10.0 Å². The first-order chi connectivity index (χ1) is 8.92. The topological polar surface area (TPSA) is 75.2 Å². The summed E-state index contributed by atoms with van der Waals surface area (Å²) in [4.78, 5) is 4.39. The summed E-state index contributed by atoms with van der Waals surface area (Å²) in [6.45, 7) is 7.77. The lowest BCUT2D eigenvalue weighted by Gasteiger charge is -2.37. The highest BCUT2D eigenvalue weighted by Gasteiger charge is 2.34. The van der Waals surface area contributed by atoms with Gasteiger partial charge in [-0.2, -0.15) is 4.37 Å². The molecule has 0 saturated carbocycles. The zero-order chi connectivity index (χ0) is 14.0. The molecule has 0 spiro atoms. The van der Waals surface area contributed by atoms with Crippen molar-refractivity contribution in [1.82, 2.24) is 13.7 Å². The molecule has 19 heavy (non-hydrogen) atoms. The van der Waals surface area contributed by atoms with Crippen LogP contribution in [0.5, 0.6) is 0 Å². The standard InChI is InChI=1S/C11H20N4O2S2/c1-4-19(16,17)15-6-9(7-15)5-12-11-13-10(8(2)3)14-18-11/h8-9H,4-7H2,1-3H3,(H,12,13,14). The van der Waals surface area contributed by atoms with Gasteiger partial charge in [-0.1, -0.05) is 13.8 Å². The molecule has 1 aliphatic heterocycles. The second-order valence-electron chi connectivity index (χ2n) is 5.08. The van der Waals surface area contributed by atoms with Crippen LogP contribution in [0.25, 0.3) is 0 Å². The number of aromatic nitrogens is 2. The molecule has 2 heterocycles. The van der Waals surface area contributed by atoms with E-state index in [-0.39, 0.29) is 5.75 Å². The highest BCUT2D eigenvalue weighted by atomic mass is 32.2. The zero-order valence-corrected chi connectivity index (χ0v) is 13.1. The molecule has 0 aromatic carbocycles. The summed E-state index contributed by atoms with van der Waals surface area (Å²) in [6, 6.07) is 0. The third-order valence-electron chi connectivity index (χ3n) is 3.18. The monoisotopic (exact) mass is 304 g/mol. The summed E-state index contributed by atoms with van der Waals surface area (Å²) in [6.07, 6.45) is 0. The molecule has 0 aliphatic carbocycles. The lowest BCUT2D eigenvalue weighted by atomic mass is 10.0. The fourth-order valence-corrected chi connectivity index (χ4v) is 3.79. The van der Waals surface area contributed by atoms with Crippen molar-refractivity contribution in [3.63, 3.8) is 0 Å². The van der Waals surface area contributed by atoms with E-state index in [1.165, 1.54) is 11.5 Å². The summed E-state index contributed by atoms with van der Waals surface area (Å²) in [5.41, 5.74) is 0. The summed E-state index contributed by atoms with van der Waals surface area (Å²) >= 11 is 1.36. The second kappa shape index (κ2) is 5.72. The number of sulfonamides is 1. The highest BCUT2D eigenvalue weighted by Crippen LogP contribution is 2.22. The Morgan fingerprint density at radius 2 is 2.16 bits per heavy atom. The van der Waals surface area contributed by atoms with Gasteiger partial charge in [-0.25, -0.2) is 17.7 Å². The molecule has 1 N–H and O–H groups in total. The first-order valence-corrected chi connectivity index (χ1v) is 8.86. The van der Waals surface area contributed by atoms with Gasteiger partial charge in [0.05, 0.1) is 5.75 Å². The summed E-state index contributed by atoms with van der Waals surface area (Å²) in [7, 11) is -3.00. The summed E-state index contributed by atoms with van der Waals surface area (Å²) in [5, 5.41) is 4.06. The van der Waals surface area contributed by atoms with Crippen molar-refractivity contribution < 1.29 is 8.42 Å². The number of nitrogens with zero attached hydrogens (tertiary/aromatic N) is 3. The number of rotatable bonds is 6. The molecule has 1 saturated heterocycles. The molecule has 0 atom stereocenters. The van der Waals surface area contributed by atoms with Crippen LogP contribution in [0.2, 0.25) is 0 Å². The molecule has 1 aromatic heterocycles. The average Bonchev–Trinajstić information content (AvgIpc) is 2.75. The highest BCUT2D eigenvalue weighted by molar-refractivity contribution is 7.89. The van der Waals surface area contributed by atoms with Crippen molar-refractivity contribution in [2.45, 2.75) is 26.7 Å². The van der Waals surface area contributed by atoms with Gasteiger partial charge < -0.3 is 5.32 Å². The van der Waals surface area contributed by atoms with Crippen LogP contribution in [-0.4, -0.2) is 47.5 Å². The van der Waals surface area contributed by atoms with E-state index in [2.05, 4.69) is 28.5 Å². The molecule has 0 bridgehead atoms. The molecular weight excluding hydrogens is 284 g/mol. The molecule has 2 rings (SSSR count). The van der Waals surface area contributed by atoms with Gasteiger partial charge in [-0.3, -0.25) is 0 Å². The maximum Gasteiger partial charge on any atom is 0.213 e. The van der Waals surface area contributed by atoms with Crippen molar-refractivity contribution in [3.05, 3.63) is 5.82 Å². The first kappa shape index (κ1) is 14.7. The van der Waals surface area contributed by atoms with E-state index in [1.54, 1.807) is 11.2 Å². The SMILES string of the molecule is CCS(=O)(=O)N1CC(CNc2nc(C(C)C)ns2)C1. The Morgan fingerprint density at radius 3 is 2.68 bits per heavy atom. The quantitative estimate of drug-likeness (QED) is 0.859. The lowest BCUT2D eigenvalue weighted by molar-refractivity contribution is 0.212. The van der Waals surface area contributed by atoms with Crippen molar-refractivity contribution >= 4 is 26.7 Å². The summed E-state index contributed by atoms with van der Waals surface area (Å²) in [5.74, 6) is 1.74. The third kappa shape index (κ3) is 3.43. The van der Waals surface area contributed by atoms with Crippen LogP contribution in [0.4, 0.5) is 5.13 Å². The van der Waals surface area contributed by atoms with Crippen LogP contribution in [0.15, 0.2) is 0 Å². The van der Waals surface area contributed by atoms with E-state index in [0.29, 0.717) is 24.9 Å². The molecule has 0 unspecified atom stereocenters. The Morgan fingerprint density at radius 1 is 1.47 bits per heavy atom. The van der Waals surface area contributed by atoms with Gasteiger partial charge in [-0.05, 0) is 6.92 Å². The van der Waals surface area contributed by atoms with E-state index in [1.807, 2.05) is 0 Å². The number of nitrogens with one attached hydrogen (secondary N) is 1. The fourth-order valence-electron chi connectivity index (χ4n) is 1.83. The minimum absolute atomic E-state index is 0.182. The zero-order valence-electron chi connectivity index (χ0n) is 11.5. The Kier molecular flexibility index (Phi) is 4.42. The van der Waals surface area contributed by atoms with Crippen molar-refractivity contribution in [1.29, 1.82) is 0 Å². The van der Waals surface area contributed by atoms with Crippen molar-refractivity contribution in [2.75, 3.05) is 30.7 Å². The van der Waals surface area contributed by atoms with Crippen LogP contribution in [0.3, 0.4) is 0 Å². The fraction of sp³-hybridized carbons (Fsp3) is 0.818. The maximum absolute atomic E-state index is 11.6. The van der Waals surface area contributed by atoms with Gasteiger partial charge in [0.1, 0.15) is 5.82 Å². The molecule has 0 amide bonds. The molecular formula is C11H20N4O2S2. The minimum Gasteiger partial charge on any atom is -0.360 e. The Labute approximate surface area is 118 Å². The van der Waals surface area contributed by atoms with Crippen LogP contribution in [0, 0.1) is 5.92 Å². The van der Waals surface area contributed by atoms with E-state index in [0.717, 1.165) is 17.5 Å². The Hall–Kier alpha value is -0.730. The van der Waals surface area contributed by atoms with E-state index in [4.69, 9.17) is 0 Å². The molecule has 1 aliphatic rings. The second-order valence-corrected chi connectivity index (χ2v) is 8.09. The largest absolute Gasteiger partial charge is 0.360 e. The molecule has 6 nitrogen and oxygen atoms in total. The predicted octanol–water partition coefficient (Wildman–Crippen LogP) is 1.35. The molecule has 108 valence electrons. The van der Waals surface area contributed by atoms with Crippen LogP contribution < -0.4 is 5.32 Å². The Bertz CT molecular complexity index is 521. The van der Waals surface area contributed by atoms with Gasteiger partial charge in [0.2, 0.25) is 15.2 Å². The van der Waals surface area contributed by atoms with Gasteiger partial charge in [-0.15, -0.1) is 0 Å². The van der Waals surface area contributed by atoms with Gasteiger partial charge in [0.15, 0.2) is 0 Å². The Balaban J connectivity index is 1.76. The van der Waals surface area contributed by atoms with E-state index < -0.39 is 10.0 Å². The summed E-state index contributed by atoms with van der Waals surface area (Å²) < 4.78 is 28.9. The van der Waals surface area contributed by atoms with Gasteiger partial charge in [0.25, 0.3) is 0 Å². The van der Waals surface area contributed by atoms with Crippen molar-refractivity contribution in [3.8, 4) is 0 Å². The molecule has 1 fully saturated rings. The predicted molar refractivity (Wildman–Crippen MR) is 77.0 cm³/mol. The van der Waals surface area contributed by atoms with Crippen LogP contribution in [0.1, 0.15) is 32.5 Å². The van der Waals surface area contributed by atoms with E-state index in [9.17, 15) is 8.42 Å². The molecule has 1 aromatic rings. The van der Waals surface area contributed by atoms with Crippen molar-refractivity contribution in [2.24, 2.45) is 5.92 Å². The minimum atomic E-state index is -3.00. The number of hydrogen-bond acceptors (Lipinski definition) is 6. The maximum atomic E-state index is 11.6.